The molecule has 0 aromatic carbocycles. The first-order chi connectivity index (χ1) is 14.7. The Kier molecular flexibility index (Phi) is 14.5. The van der Waals surface area contributed by atoms with Crippen LogP contribution in [0.25, 0.3) is 0 Å². The third-order valence-corrected chi connectivity index (χ3v) is 7.02. The second-order valence-electron chi connectivity index (χ2n) is 11.2. The van der Waals surface area contributed by atoms with Gasteiger partial charge in [0.2, 0.25) is 5.91 Å². The lowest BCUT2D eigenvalue weighted by atomic mass is 9.91. The monoisotopic (exact) mass is 434 g/mol. The Balaban J connectivity index is 2.09. The Labute approximate surface area is 195 Å². The second-order valence-corrected chi connectivity index (χ2v) is 11.2. The molecule has 0 bridgehead atoms. The number of piperazine rings is 1. The first-order valence-electron chi connectivity index (χ1n) is 13.4. The maximum absolute atomic E-state index is 12.1. The summed E-state index contributed by atoms with van der Waals surface area (Å²) < 4.78 is 0. The summed E-state index contributed by atoms with van der Waals surface area (Å²) in [5.41, 5.74) is 1.53. The van der Waals surface area contributed by atoms with E-state index < -0.39 is 0 Å². The number of hydrogen-bond donors (Lipinski definition) is 0. The number of allylic oxidation sites excluding steroid dienone is 1. The van der Waals surface area contributed by atoms with Gasteiger partial charge in [0.05, 0.1) is 0 Å². The molecular weight excluding hydrogens is 380 g/mol. The van der Waals surface area contributed by atoms with Crippen molar-refractivity contribution in [3.63, 3.8) is 0 Å². The van der Waals surface area contributed by atoms with E-state index in [9.17, 15) is 4.79 Å². The van der Waals surface area contributed by atoms with E-state index >= 15 is 0 Å². The van der Waals surface area contributed by atoms with E-state index in [1.165, 1.54) is 63.4 Å². The van der Waals surface area contributed by atoms with E-state index in [0.29, 0.717) is 5.91 Å². The molecule has 1 aliphatic rings. The van der Waals surface area contributed by atoms with Crippen molar-refractivity contribution in [2.75, 3.05) is 32.7 Å². The average Bonchev–Trinajstić information content (AvgIpc) is 2.71. The minimum Gasteiger partial charge on any atom is -0.340 e. The molecule has 0 aromatic rings. The SMILES string of the molecule is CC(=CCN1CCN(C(=O)C(C)C)CC1)CCCC(C)CCCC(C)CCCC(C)C. The van der Waals surface area contributed by atoms with Crippen LogP contribution in [0.3, 0.4) is 0 Å². The van der Waals surface area contributed by atoms with Gasteiger partial charge in [0.25, 0.3) is 0 Å². The fourth-order valence-corrected chi connectivity index (χ4v) is 4.61. The zero-order valence-electron chi connectivity index (χ0n) is 22.1. The van der Waals surface area contributed by atoms with Gasteiger partial charge in [0.1, 0.15) is 0 Å². The van der Waals surface area contributed by atoms with Crippen LogP contribution < -0.4 is 0 Å². The van der Waals surface area contributed by atoms with Crippen LogP contribution in [0, 0.1) is 23.7 Å². The molecule has 0 aromatic heterocycles. The summed E-state index contributed by atoms with van der Waals surface area (Å²) in [6, 6.07) is 0. The predicted octanol–water partition coefficient (Wildman–Crippen LogP) is 7.17. The maximum Gasteiger partial charge on any atom is 0.225 e. The van der Waals surface area contributed by atoms with Gasteiger partial charge in [-0.1, -0.05) is 98.1 Å². The van der Waals surface area contributed by atoms with E-state index in [1.807, 2.05) is 18.7 Å². The summed E-state index contributed by atoms with van der Waals surface area (Å²) in [7, 11) is 0. The quantitative estimate of drug-likeness (QED) is 0.255. The highest BCUT2D eigenvalue weighted by Gasteiger charge is 2.22. The number of nitrogens with zero attached hydrogens (tertiary/aromatic N) is 2. The molecule has 3 nitrogen and oxygen atoms in total. The average molecular weight is 435 g/mol. The Bertz CT molecular complexity index is 503. The molecule has 0 N–H and O–H groups in total. The molecule has 0 aliphatic carbocycles. The molecule has 1 amide bonds. The molecule has 2 unspecified atom stereocenters. The van der Waals surface area contributed by atoms with E-state index in [1.54, 1.807) is 0 Å². The highest BCUT2D eigenvalue weighted by molar-refractivity contribution is 5.78. The Morgan fingerprint density at radius 3 is 1.81 bits per heavy atom. The van der Waals surface area contributed by atoms with Crippen LogP contribution >= 0.6 is 0 Å². The topological polar surface area (TPSA) is 23.6 Å². The lowest BCUT2D eigenvalue weighted by Crippen LogP contribution is -2.49. The van der Waals surface area contributed by atoms with Crippen LogP contribution in [0.2, 0.25) is 0 Å². The number of rotatable bonds is 15. The third-order valence-electron chi connectivity index (χ3n) is 7.02. The summed E-state index contributed by atoms with van der Waals surface area (Å²) in [5, 5.41) is 0. The smallest absolute Gasteiger partial charge is 0.225 e. The van der Waals surface area contributed by atoms with Gasteiger partial charge in [-0.05, 0) is 37.5 Å². The number of carbonyl (C=O) groups is 1. The molecule has 0 spiro atoms. The van der Waals surface area contributed by atoms with E-state index in [4.69, 9.17) is 0 Å². The summed E-state index contributed by atoms with van der Waals surface area (Å²) >= 11 is 0. The molecule has 0 saturated carbocycles. The van der Waals surface area contributed by atoms with Gasteiger partial charge in [-0.2, -0.15) is 0 Å². The van der Waals surface area contributed by atoms with Crippen molar-refractivity contribution in [2.45, 2.75) is 106 Å². The van der Waals surface area contributed by atoms with Crippen molar-refractivity contribution in [1.82, 2.24) is 9.80 Å². The van der Waals surface area contributed by atoms with Crippen LogP contribution in [0.5, 0.6) is 0 Å². The van der Waals surface area contributed by atoms with Gasteiger partial charge in [-0.15, -0.1) is 0 Å². The second kappa shape index (κ2) is 15.9. The van der Waals surface area contributed by atoms with Gasteiger partial charge in [-0.25, -0.2) is 0 Å². The lowest BCUT2D eigenvalue weighted by molar-refractivity contribution is -0.136. The van der Waals surface area contributed by atoms with Gasteiger partial charge in [-0.3, -0.25) is 9.69 Å². The summed E-state index contributed by atoms with van der Waals surface area (Å²) in [4.78, 5) is 16.6. The minimum absolute atomic E-state index is 0.120. The molecule has 1 saturated heterocycles. The van der Waals surface area contributed by atoms with Crippen molar-refractivity contribution in [2.24, 2.45) is 23.7 Å². The minimum atomic E-state index is 0.120. The molecule has 1 fully saturated rings. The van der Waals surface area contributed by atoms with Gasteiger partial charge >= 0.3 is 0 Å². The Morgan fingerprint density at radius 1 is 0.774 bits per heavy atom. The van der Waals surface area contributed by atoms with Gasteiger partial charge < -0.3 is 4.90 Å². The lowest BCUT2D eigenvalue weighted by Gasteiger charge is -2.35. The summed E-state index contributed by atoms with van der Waals surface area (Å²) in [6.07, 6.45) is 14.8. The van der Waals surface area contributed by atoms with E-state index in [-0.39, 0.29) is 5.92 Å². The summed E-state index contributed by atoms with van der Waals surface area (Å²) in [5.74, 6) is 3.05. The number of carbonyl (C=O) groups excluding carboxylic acids is 1. The molecule has 1 rings (SSSR count). The molecule has 1 aliphatic heterocycles. The van der Waals surface area contributed by atoms with Crippen LogP contribution in [0.4, 0.5) is 0 Å². The maximum atomic E-state index is 12.1. The molecule has 31 heavy (non-hydrogen) atoms. The molecule has 1 heterocycles. The third kappa shape index (κ3) is 13.3. The first kappa shape index (κ1) is 28.2. The van der Waals surface area contributed by atoms with Crippen LogP contribution in [0.1, 0.15) is 106 Å². The van der Waals surface area contributed by atoms with Gasteiger partial charge in [0, 0.05) is 38.6 Å². The Hall–Kier alpha value is -0.830. The molecular formula is C28H54N2O. The van der Waals surface area contributed by atoms with Gasteiger partial charge in [0.15, 0.2) is 0 Å². The Morgan fingerprint density at radius 2 is 1.29 bits per heavy atom. The fourth-order valence-electron chi connectivity index (χ4n) is 4.61. The molecule has 0 radical (unpaired) electrons. The van der Waals surface area contributed by atoms with Crippen molar-refractivity contribution in [3.05, 3.63) is 11.6 Å². The van der Waals surface area contributed by atoms with Crippen molar-refractivity contribution in [1.29, 1.82) is 0 Å². The van der Waals surface area contributed by atoms with Crippen LogP contribution in [-0.4, -0.2) is 48.4 Å². The van der Waals surface area contributed by atoms with Crippen molar-refractivity contribution >= 4 is 5.91 Å². The van der Waals surface area contributed by atoms with Crippen LogP contribution in [0.15, 0.2) is 11.6 Å². The predicted molar refractivity (Wildman–Crippen MR) is 136 cm³/mol. The number of hydrogen-bond acceptors (Lipinski definition) is 2. The first-order valence-corrected chi connectivity index (χ1v) is 13.4. The molecule has 3 heteroatoms. The van der Waals surface area contributed by atoms with Crippen molar-refractivity contribution in [3.8, 4) is 0 Å². The van der Waals surface area contributed by atoms with Crippen LogP contribution in [-0.2, 0) is 4.79 Å². The standard InChI is InChI=1S/C28H54N2O/c1-23(2)11-8-12-25(5)13-9-14-26(6)15-10-16-27(7)17-18-29-19-21-30(22-20-29)28(31)24(3)4/h17,23-26H,8-16,18-22H2,1-7H3. The fraction of sp³-hybridized carbons (Fsp3) is 0.893. The summed E-state index contributed by atoms with van der Waals surface area (Å²) in [6.45, 7) is 20.7. The molecule has 2 atom stereocenters. The highest BCUT2D eigenvalue weighted by Crippen LogP contribution is 2.22. The highest BCUT2D eigenvalue weighted by atomic mass is 16.2. The normalized spacial score (nSPS) is 18.1. The zero-order valence-corrected chi connectivity index (χ0v) is 22.1. The largest absolute Gasteiger partial charge is 0.340 e. The zero-order chi connectivity index (χ0) is 23.2. The molecule has 182 valence electrons. The van der Waals surface area contributed by atoms with E-state index in [0.717, 1.165) is 50.5 Å². The van der Waals surface area contributed by atoms with Crippen molar-refractivity contribution < 1.29 is 4.79 Å². The number of amides is 1. The van der Waals surface area contributed by atoms with E-state index in [2.05, 4.69) is 45.6 Å².